The van der Waals surface area contributed by atoms with Crippen LogP contribution in [-0.4, -0.2) is 54.6 Å². The number of carbonyl (C=O) groups is 1. The van der Waals surface area contributed by atoms with Gasteiger partial charge < -0.3 is 14.8 Å². The second kappa shape index (κ2) is 8.10. The Labute approximate surface area is 159 Å². The van der Waals surface area contributed by atoms with E-state index in [2.05, 4.69) is 25.2 Å². The number of hydrogen-bond acceptors (Lipinski definition) is 4. The summed E-state index contributed by atoms with van der Waals surface area (Å²) < 4.78 is 3.91. The van der Waals surface area contributed by atoms with Gasteiger partial charge in [-0.15, -0.1) is 10.2 Å². The fourth-order valence-electron chi connectivity index (χ4n) is 4.29. The van der Waals surface area contributed by atoms with Gasteiger partial charge in [-0.05, 0) is 31.7 Å². The second-order valence-corrected chi connectivity index (χ2v) is 7.81. The maximum absolute atomic E-state index is 12.7. The maximum Gasteiger partial charge on any atom is 0.317 e. The molecule has 1 aliphatic carbocycles. The number of nitrogens with zero attached hydrogens (tertiary/aromatic N) is 6. The summed E-state index contributed by atoms with van der Waals surface area (Å²) in [7, 11) is 2.01. The molecular weight excluding hydrogens is 342 g/mol. The monoisotopic (exact) mass is 371 g/mol. The van der Waals surface area contributed by atoms with Crippen LogP contribution in [0.15, 0.2) is 18.5 Å². The summed E-state index contributed by atoms with van der Waals surface area (Å²) in [5, 5.41) is 16.3. The van der Waals surface area contributed by atoms with E-state index in [0.29, 0.717) is 19.1 Å². The first-order valence-electron chi connectivity index (χ1n) is 10.1. The molecule has 0 spiro atoms. The third kappa shape index (κ3) is 4.14. The smallest absolute Gasteiger partial charge is 0.317 e. The van der Waals surface area contributed by atoms with Gasteiger partial charge >= 0.3 is 6.03 Å². The van der Waals surface area contributed by atoms with E-state index in [1.54, 1.807) is 6.20 Å². The molecule has 0 unspecified atom stereocenters. The van der Waals surface area contributed by atoms with Gasteiger partial charge in [-0.1, -0.05) is 19.3 Å². The first kappa shape index (κ1) is 18.0. The van der Waals surface area contributed by atoms with Crippen molar-refractivity contribution >= 4 is 6.03 Å². The Balaban J connectivity index is 1.39. The molecule has 2 fully saturated rings. The number of urea groups is 1. The van der Waals surface area contributed by atoms with Crippen LogP contribution in [-0.2, 0) is 13.6 Å². The minimum Gasteiger partial charge on any atom is -0.335 e. The average molecular weight is 371 g/mol. The van der Waals surface area contributed by atoms with Gasteiger partial charge in [-0.2, -0.15) is 5.10 Å². The lowest BCUT2D eigenvalue weighted by atomic mass is 9.95. The predicted molar refractivity (Wildman–Crippen MR) is 101 cm³/mol. The highest BCUT2D eigenvalue weighted by molar-refractivity contribution is 5.74. The van der Waals surface area contributed by atoms with Crippen molar-refractivity contribution in [1.82, 2.24) is 34.8 Å². The normalized spacial score (nSPS) is 21.4. The molecule has 8 nitrogen and oxygen atoms in total. The molecular formula is C19H29N7O. The van der Waals surface area contributed by atoms with Crippen molar-refractivity contribution in [2.24, 2.45) is 7.05 Å². The van der Waals surface area contributed by atoms with Crippen LogP contribution in [0.2, 0.25) is 0 Å². The zero-order chi connectivity index (χ0) is 18.6. The van der Waals surface area contributed by atoms with Crippen LogP contribution in [0.1, 0.15) is 62.5 Å². The Kier molecular flexibility index (Phi) is 5.40. The number of hydrogen-bond donors (Lipinski definition) is 1. The molecule has 0 radical (unpaired) electrons. The molecule has 1 aliphatic heterocycles. The highest BCUT2D eigenvalue weighted by Gasteiger charge is 2.29. The Morgan fingerprint density at radius 2 is 2.04 bits per heavy atom. The standard InChI is InChI=1S/C19H29N7O/c1-24-17(14-26-12-6-10-20-26)22-23-18(24)15-7-5-11-25(13-15)19(27)21-16-8-3-2-4-9-16/h6,10,12,15-16H,2-5,7-9,11,13-14H2,1H3,(H,21,27)/t15-/m1/s1. The van der Waals surface area contributed by atoms with Crippen molar-refractivity contribution in [3.8, 4) is 0 Å². The highest BCUT2D eigenvalue weighted by Crippen LogP contribution is 2.26. The van der Waals surface area contributed by atoms with E-state index in [1.807, 2.05) is 28.9 Å². The summed E-state index contributed by atoms with van der Waals surface area (Å²) in [5.74, 6) is 2.09. The first-order valence-corrected chi connectivity index (χ1v) is 10.1. The number of nitrogens with one attached hydrogen (secondary N) is 1. The van der Waals surface area contributed by atoms with Crippen molar-refractivity contribution < 1.29 is 4.79 Å². The van der Waals surface area contributed by atoms with E-state index in [0.717, 1.165) is 43.9 Å². The topological polar surface area (TPSA) is 80.9 Å². The number of carbonyl (C=O) groups excluding carboxylic acids is 1. The van der Waals surface area contributed by atoms with Crippen molar-refractivity contribution in [2.45, 2.75) is 63.5 Å². The molecule has 8 heteroatoms. The van der Waals surface area contributed by atoms with E-state index in [9.17, 15) is 4.79 Å². The summed E-state index contributed by atoms with van der Waals surface area (Å²) >= 11 is 0. The number of rotatable bonds is 4. The summed E-state index contributed by atoms with van der Waals surface area (Å²) in [6.45, 7) is 2.15. The van der Waals surface area contributed by atoms with Crippen molar-refractivity contribution in [2.75, 3.05) is 13.1 Å². The minimum absolute atomic E-state index is 0.0885. The zero-order valence-electron chi connectivity index (χ0n) is 16.0. The number of amides is 2. The molecule has 2 aliphatic rings. The largest absolute Gasteiger partial charge is 0.335 e. The quantitative estimate of drug-likeness (QED) is 0.894. The predicted octanol–water partition coefficient (Wildman–Crippen LogP) is 2.28. The summed E-state index contributed by atoms with van der Waals surface area (Å²) in [5.41, 5.74) is 0. The minimum atomic E-state index is 0.0885. The van der Waals surface area contributed by atoms with Gasteiger partial charge in [-0.3, -0.25) is 4.68 Å². The van der Waals surface area contributed by atoms with Crippen LogP contribution < -0.4 is 5.32 Å². The average Bonchev–Trinajstić information content (AvgIpc) is 3.33. The molecule has 1 atom stereocenters. The van der Waals surface area contributed by atoms with Crippen LogP contribution in [0.25, 0.3) is 0 Å². The Hall–Kier alpha value is -2.38. The molecule has 1 saturated heterocycles. The van der Waals surface area contributed by atoms with Crippen LogP contribution in [0.5, 0.6) is 0 Å². The van der Waals surface area contributed by atoms with Gasteiger partial charge in [0.15, 0.2) is 5.82 Å². The van der Waals surface area contributed by atoms with Crippen molar-refractivity contribution in [1.29, 1.82) is 0 Å². The molecule has 0 bridgehead atoms. The lowest BCUT2D eigenvalue weighted by Crippen LogP contribution is -2.48. The molecule has 2 aromatic heterocycles. The lowest BCUT2D eigenvalue weighted by Gasteiger charge is -2.34. The van der Waals surface area contributed by atoms with Gasteiger partial charge in [0.2, 0.25) is 0 Å². The van der Waals surface area contributed by atoms with E-state index in [1.165, 1.54) is 19.3 Å². The number of likely N-dealkylation sites (tertiary alicyclic amines) is 1. The second-order valence-electron chi connectivity index (χ2n) is 7.81. The molecule has 3 heterocycles. The molecule has 27 heavy (non-hydrogen) atoms. The number of aromatic nitrogens is 5. The first-order chi connectivity index (χ1) is 13.2. The Morgan fingerprint density at radius 1 is 1.19 bits per heavy atom. The van der Waals surface area contributed by atoms with Crippen LogP contribution in [0, 0.1) is 0 Å². The molecule has 1 N–H and O–H groups in total. The van der Waals surface area contributed by atoms with Gasteiger partial charge in [0, 0.05) is 44.5 Å². The third-order valence-corrected chi connectivity index (χ3v) is 5.87. The van der Waals surface area contributed by atoms with Crippen molar-refractivity contribution in [3.63, 3.8) is 0 Å². The summed E-state index contributed by atoms with van der Waals surface area (Å²) in [6, 6.07) is 2.34. The summed E-state index contributed by atoms with van der Waals surface area (Å²) in [4.78, 5) is 14.7. The zero-order valence-corrected chi connectivity index (χ0v) is 16.0. The fraction of sp³-hybridized carbons (Fsp3) is 0.684. The van der Waals surface area contributed by atoms with E-state index in [-0.39, 0.29) is 11.9 Å². The molecule has 2 amide bonds. The fourth-order valence-corrected chi connectivity index (χ4v) is 4.29. The Morgan fingerprint density at radius 3 is 2.81 bits per heavy atom. The lowest BCUT2D eigenvalue weighted by molar-refractivity contribution is 0.171. The Bertz CT molecular complexity index is 748. The highest BCUT2D eigenvalue weighted by atomic mass is 16.2. The van der Waals surface area contributed by atoms with E-state index in [4.69, 9.17) is 0 Å². The van der Waals surface area contributed by atoms with Gasteiger partial charge in [0.1, 0.15) is 12.4 Å². The molecule has 1 saturated carbocycles. The molecule has 0 aromatic carbocycles. The van der Waals surface area contributed by atoms with E-state index < -0.39 is 0 Å². The number of piperidine rings is 1. The summed E-state index contributed by atoms with van der Waals surface area (Å²) in [6.07, 6.45) is 11.7. The van der Waals surface area contributed by atoms with Gasteiger partial charge in [-0.25, -0.2) is 4.79 Å². The van der Waals surface area contributed by atoms with E-state index >= 15 is 0 Å². The van der Waals surface area contributed by atoms with Crippen LogP contribution in [0.3, 0.4) is 0 Å². The van der Waals surface area contributed by atoms with Gasteiger partial charge in [0.25, 0.3) is 0 Å². The molecule has 4 rings (SSSR count). The van der Waals surface area contributed by atoms with Crippen LogP contribution >= 0.6 is 0 Å². The van der Waals surface area contributed by atoms with Crippen LogP contribution in [0.4, 0.5) is 4.79 Å². The SMILES string of the molecule is Cn1c(Cn2cccn2)nnc1[C@@H]1CCCN(C(=O)NC2CCCCC2)C1. The third-order valence-electron chi connectivity index (χ3n) is 5.87. The maximum atomic E-state index is 12.7. The van der Waals surface area contributed by atoms with Crippen molar-refractivity contribution in [3.05, 3.63) is 30.1 Å². The van der Waals surface area contributed by atoms with Gasteiger partial charge in [0.05, 0.1) is 0 Å². The molecule has 2 aromatic rings. The molecule has 146 valence electrons.